The van der Waals surface area contributed by atoms with Crippen molar-refractivity contribution >= 4 is 29.8 Å². The molecular formula is C46H58N2O15. The third-order valence-electron chi connectivity index (χ3n) is 11.9. The highest BCUT2D eigenvalue weighted by atomic mass is 16.8. The topological polar surface area (TPSA) is 240 Å². The van der Waals surface area contributed by atoms with Crippen LogP contribution in [0.15, 0.2) is 66.3 Å². The average molecular weight is 879 g/mol. The summed E-state index contributed by atoms with van der Waals surface area (Å²) in [4.78, 5) is 55.8. The van der Waals surface area contributed by atoms with Crippen molar-refractivity contribution in [1.29, 1.82) is 0 Å². The molecule has 0 radical (unpaired) electrons. The molecule has 1 spiro atoms. The van der Waals surface area contributed by atoms with E-state index in [1.807, 2.05) is 24.3 Å². The van der Waals surface area contributed by atoms with Crippen molar-refractivity contribution in [3.63, 3.8) is 0 Å². The second kappa shape index (κ2) is 19.7. The first kappa shape index (κ1) is 46.4. The van der Waals surface area contributed by atoms with Gasteiger partial charge in [-0.25, -0.2) is 4.79 Å². The number of carbonyl (C=O) groups excluding carboxylic acids is 4. The van der Waals surface area contributed by atoms with Crippen LogP contribution in [-0.2, 0) is 55.6 Å². The van der Waals surface area contributed by atoms with Crippen LogP contribution in [0, 0.1) is 0 Å². The number of hydrogen-bond donors (Lipinski definition) is 6. The van der Waals surface area contributed by atoms with Gasteiger partial charge < -0.3 is 64.2 Å². The van der Waals surface area contributed by atoms with Gasteiger partial charge in [-0.05, 0) is 74.9 Å². The number of hydrogen-bond acceptors (Lipinski definition) is 15. The van der Waals surface area contributed by atoms with Gasteiger partial charge in [-0.1, -0.05) is 48.6 Å². The molecule has 63 heavy (non-hydrogen) atoms. The molecule has 6 N–H and O–H groups in total. The maximum Gasteiger partial charge on any atom is 0.338 e. The number of fused-ring (bicyclic) bond motifs is 2. The van der Waals surface area contributed by atoms with Crippen LogP contribution in [0.1, 0.15) is 79.9 Å². The largest absolute Gasteiger partial charge is 0.460 e. The smallest absolute Gasteiger partial charge is 0.338 e. The molecule has 342 valence electrons. The van der Waals surface area contributed by atoms with E-state index in [4.69, 9.17) is 28.4 Å². The van der Waals surface area contributed by atoms with Crippen LogP contribution in [0.3, 0.4) is 0 Å². The molecule has 2 aliphatic carbocycles. The Hall–Kier alpha value is -4.56. The van der Waals surface area contributed by atoms with E-state index in [0.717, 1.165) is 11.1 Å². The zero-order valence-corrected chi connectivity index (χ0v) is 35.7. The third-order valence-corrected chi connectivity index (χ3v) is 11.9. The van der Waals surface area contributed by atoms with Crippen molar-refractivity contribution in [2.24, 2.45) is 0 Å². The first-order valence-corrected chi connectivity index (χ1v) is 21.5. The number of benzene rings is 2. The summed E-state index contributed by atoms with van der Waals surface area (Å²) in [6, 6.07) is 13.0. The van der Waals surface area contributed by atoms with Crippen LogP contribution in [0.4, 0.5) is 0 Å². The van der Waals surface area contributed by atoms with Gasteiger partial charge in [0.2, 0.25) is 11.8 Å². The van der Waals surface area contributed by atoms with Gasteiger partial charge in [0.25, 0.3) is 0 Å². The van der Waals surface area contributed by atoms with E-state index >= 15 is 0 Å². The summed E-state index contributed by atoms with van der Waals surface area (Å²) in [6.45, 7) is 4.51. The monoisotopic (exact) mass is 878 g/mol. The number of aliphatic hydroxyl groups is 5. The molecule has 3 saturated heterocycles. The molecule has 0 saturated carbocycles. The quantitative estimate of drug-likeness (QED) is 0.146. The number of ether oxygens (including phenoxy) is 6. The van der Waals surface area contributed by atoms with E-state index in [1.165, 1.54) is 4.90 Å². The van der Waals surface area contributed by atoms with Gasteiger partial charge in [-0.15, -0.1) is 0 Å². The molecule has 3 aliphatic heterocycles. The predicted molar refractivity (Wildman–Crippen MR) is 222 cm³/mol. The fraction of sp³-hybridized carbons (Fsp3) is 0.565. The standard InChI is InChI=1S/C46H58N2O15/c1-45(2,3)62-36(51)16-15-31(24-49)47-41(55)32-14-7-17-48(32)42(56)30-20-33(40-34(21-30)61-46(63-40)22-28-11-4-5-12-29(28)23-46)59-43(57)27-13-6-9-26(19-27)10-8-18-58-44-39(54)38(53)37(52)35(25-50)60-44/h4-6,8-13,19,21,31-35,37-40,44,49-50,52-54H,7,14-18,20,22-25H2,1-3H3,(H,47,55)/t31-,32+,33+,34+,35+,37-,38-,39+,40-,44-/m0/s1. The zero-order valence-electron chi connectivity index (χ0n) is 35.7. The summed E-state index contributed by atoms with van der Waals surface area (Å²) in [7, 11) is 0. The van der Waals surface area contributed by atoms with Crippen LogP contribution >= 0.6 is 0 Å². The van der Waals surface area contributed by atoms with Gasteiger partial charge in [0.15, 0.2) is 12.1 Å². The van der Waals surface area contributed by atoms with Gasteiger partial charge in [0.05, 0.1) is 31.4 Å². The summed E-state index contributed by atoms with van der Waals surface area (Å²) in [5.74, 6) is -3.00. The van der Waals surface area contributed by atoms with Crippen LogP contribution in [-0.4, -0.2) is 153 Å². The molecule has 0 aromatic heterocycles. The van der Waals surface area contributed by atoms with Crippen molar-refractivity contribution in [2.45, 2.75) is 138 Å². The van der Waals surface area contributed by atoms with Crippen molar-refractivity contribution in [2.75, 3.05) is 26.4 Å². The minimum absolute atomic E-state index is 0.00694. The SMILES string of the molecule is CC(C)(C)OC(=O)CC[C@@H](CO)NC(=O)[C@H]1CCCN1C(=O)C1=C[C@H]2OC3(Cc4ccccc4C3)O[C@H]2[C@H](OC(=O)c2cccc(C=CCO[C@H]3O[C@H](CO)[C@H](O)[C@H](O)[C@H]3O)c2)C1. The van der Waals surface area contributed by atoms with Gasteiger partial charge >= 0.3 is 11.9 Å². The minimum atomic E-state index is -1.57. The molecule has 2 aromatic rings. The number of carbonyl (C=O) groups is 4. The molecule has 3 fully saturated rings. The lowest BCUT2D eigenvalue weighted by Crippen LogP contribution is -2.59. The molecule has 7 rings (SSSR count). The molecule has 2 amide bonds. The molecule has 17 heteroatoms. The second-order valence-corrected chi connectivity index (χ2v) is 17.8. The Balaban J connectivity index is 1.03. The molecule has 5 aliphatic rings. The number of nitrogens with one attached hydrogen (secondary N) is 1. The van der Waals surface area contributed by atoms with Gasteiger partial charge in [0, 0.05) is 37.8 Å². The molecular weight excluding hydrogens is 821 g/mol. The first-order chi connectivity index (χ1) is 30.1. The van der Waals surface area contributed by atoms with Crippen LogP contribution in [0.25, 0.3) is 6.08 Å². The lowest BCUT2D eigenvalue weighted by atomic mass is 9.91. The number of amides is 2. The van der Waals surface area contributed by atoms with Crippen molar-refractivity contribution in [3.8, 4) is 0 Å². The minimum Gasteiger partial charge on any atom is -0.460 e. The average Bonchev–Trinajstić information content (AvgIpc) is 3.99. The molecule has 0 bridgehead atoms. The van der Waals surface area contributed by atoms with Crippen molar-refractivity contribution < 1.29 is 73.1 Å². The Morgan fingerprint density at radius 2 is 1.73 bits per heavy atom. The number of rotatable bonds is 14. The molecule has 10 atom stereocenters. The van der Waals surface area contributed by atoms with Gasteiger partial charge in [-0.3, -0.25) is 14.4 Å². The van der Waals surface area contributed by atoms with E-state index < -0.39 is 109 Å². The fourth-order valence-electron chi connectivity index (χ4n) is 8.83. The summed E-state index contributed by atoms with van der Waals surface area (Å²) in [5.41, 5.74) is 2.61. The molecule has 3 heterocycles. The van der Waals surface area contributed by atoms with Crippen LogP contribution in [0.5, 0.6) is 0 Å². The summed E-state index contributed by atoms with van der Waals surface area (Å²) < 4.78 is 35.8. The van der Waals surface area contributed by atoms with Crippen LogP contribution in [0.2, 0.25) is 0 Å². The fourth-order valence-corrected chi connectivity index (χ4v) is 8.83. The second-order valence-electron chi connectivity index (χ2n) is 17.8. The Kier molecular flexibility index (Phi) is 14.5. The number of likely N-dealkylation sites (tertiary alicyclic amines) is 1. The zero-order chi connectivity index (χ0) is 45.1. The highest BCUT2D eigenvalue weighted by Gasteiger charge is 2.55. The Morgan fingerprint density at radius 3 is 2.43 bits per heavy atom. The number of aliphatic hydroxyl groups excluding tert-OH is 5. The van der Waals surface area contributed by atoms with E-state index in [9.17, 15) is 44.7 Å². The normalized spacial score (nSPS) is 29.2. The summed E-state index contributed by atoms with van der Waals surface area (Å²) in [6.07, 6.45) is -2.44. The van der Waals surface area contributed by atoms with E-state index in [1.54, 1.807) is 63.3 Å². The predicted octanol–water partition coefficient (Wildman–Crippen LogP) is 1.24. The summed E-state index contributed by atoms with van der Waals surface area (Å²) in [5, 5.41) is 52.6. The van der Waals surface area contributed by atoms with Crippen molar-refractivity contribution in [1.82, 2.24) is 10.2 Å². The Morgan fingerprint density at radius 1 is 0.984 bits per heavy atom. The maximum absolute atomic E-state index is 14.4. The van der Waals surface area contributed by atoms with Gasteiger partial charge in [0.1, 0.15) is 54.4 Å². The maximum atomic E-state index is 14.4. The van der Waals surface area contributed by atoms with E-state index in [2.05, 4.69) is 5.32 Å². The van der Waals surface area contributed by atoms with E-state index in [0.29, 0.717) is 43.4 Å². The Bertz CT molecular complexity index is 2020. The first-order valence-electron chi connectivity index (χ1n) is 21.5. The molecule has 2 aromatic carbocycles. The van der Waals surface area contributed by atoms with Gasteiger partial charge in [-0.2, -0.15) is 0 Å². The van der Waals surface area contributed by atoms with E-state index in [-0.39, 0.29) is 31.4 Å². The number of nitrogens with zero attached hydrogens (tertiary/aromatic N) is 1. The van der Waals surface area contributed by atoms with Crippen LogP contribution < -0.4 is 5.32 Å². The highest BCUT2D eigenvalue weighted by molar-refractivity contribution is 5.98. The lowest BCUT2D eigenvalue weighted by Gasteiger charge is -2.39. The number of esters is 2. The van der Waals surface area contributed by atoms with Crippen molar-refractivity contribution in [3.05, 3.63) is 88.5 Å². The molecule has 17 nitrogen and oxygen atoms in total. The molecule has 0 unspecified atom stereocenters. The Labute approximate surface area is 365 Å². The lowest BCUT2D eigenvalue weighted by molar-refractivity contribution is -0.298. The third kappa shape index (κ3) is 10.9. The highest BCUT2D eigenvalue weighted by Crippen LogP contribution is 2.45. The summed E-state index contributed by atoms with van der Waals surface area (Å²) >= 11 is 0.